The molecule has 2 heterocycles. The number of nitrogens with two attached hydrogens (primary N) is 1. The predicted octanol–water partition coefficient (Wildman–Crippen LogP) is 1.18. The van der Waals surface area contributed by atoms with Crippen LogP contribution in [-0.4, -0.2) is 32.8 Å². The third kappa shape index (κ3) is 1.85. The number of fused-ring (bicyclic) bond motifs is 1. The Morgan fingerprint density at radius 1 is 1.35 bits per heavy atom. The first kappa shape index (κ1) is 12.1. The quantitative estimate of drug-likeness (QED) is 0.702. The van der Waals surface area contributed by atoms with Crippen LogP contribution < -0.4 is 5.73 Å². The molecule has 3 rings (SSSR count). The summed E-state index contributed by atoms with van der Waals surface area (Å²) in [6.07, 6.45) is 2.97. The molecule has 0 unspecified atom stereocenters. The number of carbonyl (C=O) groups excluding carboxylic acids is 1. The molecule has 0 aliphatic rings. The number of nitrogen functional groups attached to an aromatic ring is 1. The van der Waals surface area contributed by atoms with E-state index in [2.05, 4.69) is 15.1 Å². The third-order valence-corrected chi connectivity index (χ3v) is 2.91. The minimum absolute atomic E-state index is 0.366. The fourth-order valence-corrected chi connectivity index (χ4v) is 1.93. The summed E-state index contributed by atoms with van der Waals surface area (Å²) in [7, 11) is 1.34. The molecule has 2 aromatic heterocycles. The van der Waals surface area contributed by atoms with Crippen LogP contribution in [0.25, 0.3) is 16.7 Å². The van der Waals surface area contributed by atoms with E-state index in [-0.39, 0.29) is 0 Å². The fourth-order valence-electron chi connectivity index (χ4n) is 1.93. The van der Waals surface area contributed by atoms with Gasteiger partial charge in [0.1, 0.15) is 12.1 Å². The zero-order chi connectivity index (χ0) is 14.1. The molecule has 20 heavy (non-hydrogen) atoms. The lowest BCUT2D eigenvalue weighted by Crippen LogP contribution is -2.04. The highest BCUT2D eigenvalue weighted by Gasteiger charge is 2.11. The van der Waals surface area contributed by atoms with E-state index in [0.717, 1.165) is 0 Å². The van der Waals surface area contributed by atoms with Gasteiger partial charge in [-0.3, -0.25) is 0 Å². The van der Waals surface area contributed by atoms with Gasteiger partial charge in [0.2, 0.25) is 0 Å². The molecule has 100 valence electrons. The van der Waals surface area contributed by atoms with Crippen molar-refractivity contribution >= 4 is 22.8 Å². The van der Waals surface area contributed by atoms with Gasteiger partial charge in [-0.15, -0.1) is 0 Å². The van der Waals surface area contributed by atoms with Crippen LogP contribution in [0.15, 0.2) is 36.8 Å². The van der Waals surface area contributed by atoms with Crippen LogP contribution in [0.2, 0.25) is 0 Å². The van der Waals surface area contributed by atoms with Gasteiger partial charge in [0.15, 0.2) is 5.65 Å². The van der Waals surface area contributed by atoms with E-state index in [4.69, 9.17) is 10.5 Å². The Morgan fingerprint density at radius 2 is 2.20 bits per heavy atom. The zero-order valence-corrected chi connectivity index (χ0v) is 10.6. The monoisotopic (exact) mass is 269 g/mol. The third-order valence-electron chi connectivity index (χ3n) is 2.91. The minimum Gasteiger partial charge on any atom is -0.465 e. The van der Waals surface area contributed by atoms with Crippen molar-refractivity contribution in [3.8, 4) is 5.69 Å². The lowest BCUT2D eigenvalue weighted by Gasteiger charge is -2.05. The zero-order valence-electron chi connectivity index (χ0n) is 10.6. The van der Waals surface area contributed by atoms with E-state index >= 15 is 0 Å². The highest BCUT2D eigenvalue weighted by Crippen LogP contribution is 2.20. The molecule has 7 nitrogen and oxygen atoms in total. The summed E-state index contributed by atoms with van der Waals surface area (Å²) in [5.41, 5.74) is 7.49. The molecule has 0 fully saturated rings. The largest absolute Gasteiger partial charge is 0.465 e. The summed E-state index contributed by atoms with van der Waals surface area (Å²) in [6.45, 7) is 0. The predicted molar refractivity (Wildman–Crippen MR) is 72.4 cm³/mol. The maximum absolute atomic E-state index is 11.6. The van der Waals surface area contributed by atoms with E-state index < -0.39 is 5.97 Å². The molecule has 0 spiro atoms. The van der Waals surface area contributed by atoms with Gasteiger partial charge in [-0.2, -0.15) is 5.10 Å². The van der Waals surface area contributed by atoms with Gasteiger partial charge in [0.25, 0.3) is 0 Å². The summed E-state index contributed by atoms with van der Waals surface area (Å²) in [5.74, 6) is -0.0391. The van der Waals surface area contributed by atoms with Crippen molar-refractivity contribution in [1.29, 1.82) is 0 Å². The molecule has 0 amide bonds. The van der Waals surface area contributed by atoms with Crippen molar-refractivity contribution in [1.82, 2.24) is 19.7 Å². The van der Waals surface area contributed by atoms with Gasteiger partial charge in [0, 0.05) is 0 Å². The molecule has 0 saturated carbocycles. The first-order valence-electron chi connectivity index (χ1n) is 5.83. The molecule has 0 aliphatic carbocycles. The number of hydrogen-bond donors (Lipinski definition) is 1. The second kappa shape index (κ2) is 4.61. The standard InChI is InChI=1S/C13H11N5O2/c1-20-13(19)8-3-2-4-9(5-8)18-12-10(6-17-18)11(14)15-7-16-12/h2-7H,1H3,(H2,14,15,16). The Balaban J connectivity index is 2.16. The molecule has 0 aliphatic heterocycles. The van der Waals surface area contributed by atoms with E-state index in [1.807, 2.05) is 6.07 Å². The maximum atomic E-state index is 11.6. The number of esters is 1. The van der Waals surface area contributed by atoms with Crippen LogP contribution in [0, 0.1) is 0 Å². The van der Waals surface area contributed by atoms with Crippen molar-refractivity contribution in [3.05, 3.63) is 42.4 Å². The van der Waals surface area contributed by atoms with Crippen LogP contribution in [0.5, 0.6) is 0 Å². The molecule has 1 aromatic carbocycles. The number of aromatic nitrogens is 4. The van der Waals surface area contributed by atoms with Gasteiger partial charge in [-0.05, 0) is 18.2 Å². The molecule has 3 aromatic rings. The van der Waals surface area contributed by atoms with E-state index in [1.165, 1.54) is 13.4 Å². The normalized spacial score (nSPS) is 10.7. The second-order valence-corrected chi connectivity index (χ2v) is 4.09. The van der Waals surface area contributed by atoms with Gasteiger partial charge in [-0.1, -0.05) is 6.07 Å². The Morgan fingerprint density at radius 3 is 3.00 bits per heavy atom. The molecule has 0 saturated heterocycles. The van der Waals surface area contributed by atoms with Crippen molar-refractivity contribution in [3.63, 3.8) is 0 Å². The molecule has 2 N–H and O–H groups in total. The van der Waals surface area contributed by atoms with E-state index in [0.29, 0.717) is 28.1 Å². The summed E-state index contributed by atoms with van der Waals surface area (Å²) < 4.78 is 6.30. The highest BCUT2D eigenvalue weighted by atomic mass is 16.5. The van der Waals surface area contributed by atoms with Crippen molar-refractivity contribution < 1.29 is 9.53 Å². The number of carbonyl (C=O) groups is 1. The number of rotatable bonds is 2. The number of benzene rings is 1. The number of anilines is 1. The average Bonchev–Trinajstić information content (AvgIpc) is 2.92. The topological polar surface area (TPSA) is 95.9 Å². The van der Waals surface area contributed by atoms with Crippen LogP contribution in [0.4, 0.5) is 5.82 Å². The summed E-state index contributed by atoms with van der Waals surface area (Å²) in [5, 5.41) is 4.90. The number of methoxy groups -OCH3 is 1. The van der Waals surface area contributed by atoms with Gasteiger partial charge in [-0.25, -0.2) is 19.4 Å². The first-order valence-corrected chi connectivity index (χ1v) is 5.83. The lowest BCUT2D eigenvalue weighted by atomic mass is 10.2. The smallest absolute Gasteiger partial charge is 0.337 e. The molecule has 0 radical (unpaired) electrons. The fraction of sp³-hybridized carbons (Fsp3) is 0.0769. The van der Waals surface area contributed by atoms with Crippen LogP contribution in [0.1, 0.15) is 10.4 Å². The Hall–Kier alpha value is -2.96. The van der Waals surface area contributed by atoms with E-state index in [1.54, 1.807) is 29.1 Å². The Labute approximate surface area is 114 Å². The number of hydrogen-bond acceptors (Lipinski definition) is 6. The second-order valence-electron chi connectivity index (χ2n) is 4.09. The van der Waals surface area contributed by atoms with Gasteiger partial charge >= 0.3 is 5.97 Å². The SMILES string of the molecule is COC(=O)c1cccc(-n2ncc3c(N)ncnc32)c1. The van der Waals surface area contributed by atoms with Crippen LogP contribution in [0.3, 0.4) is 0 Å². The van der Waals surface area contributed by atoms with Crippen LogP contribution in [-0.2, 0) is 4.74 Å². The average molecular weight is 269 g/mol. The number of nitrogens with zero attached hydrogens (tertiary/aromatic N) is 4. The van der Waals surface area contributed by atoms with E-state index in [9.17, 15) is 4.79 Å². The lowest BCUT2D eigenvalue weighted by molar-refractivity contribution is 0.0600. The minimum atomic E-state index is -0.405. The molecule has 0 bridgehead atoms. The molecule has 0 atom stereocenters. The van der Waals surface area contributed by atoms with Gasteiger partial charge in [0.05, 0.1) is 29.9 Å². The van der Waals surface area contributed by atoms with Crippen molar-refractivity contribution in [2.75, 3.05) is 12.8 Å². The van der Waals surface area contributed by atoms with Crippen LogP contribution >= 0.6 is 0 Å². The molecular formula is C13H11N5O2. The highest BCUT2D eigenvalue weighted by molar-refractivity contribution is 5.90. The Bertz CT molecular complexity index is 796. The van der Waals surface area contributed by atoms with Crippen molar-refractivity contribution in [2.24, 2.45) is 0 Å². The van der Waals surface area contributed by atoms with Gasteiger partial charge < -0.3 is 10.5 Å². The molecular weight excluding hydrogens is 258 g/mol. The summed E-state index contributed by atoms with van der Waals surface area (Å²) >= 11 is 0. The maximum Gasteiger partial charge on any atom is 0.337 e. The van der Waals surface area contributed by atoms with Crippen molar-refractivity contribution in [2.45, 2.75) is 0 Å². The molecule has 7 heteroatoms. The Kier molecular flexibility index (Phi) is 2.79. The number of ether oxygens (including phenoxy) is 1. The first-order chi connectivity index (χ1) is 9.70. The summed E-state index contributed by atoms with van der Waals surface area (Å²) in [6, 6.07) is 6.91. The summed E-state index contributed by atoms with van der Waals surface area (Å²) in [4.78, 5) is 19.6.